The minimum atomic E-state index is -1.30. The number of rotatable bonds is 3. The Balaban J connectivity index is 4.38. The molecule has 1 N–H and O–H groups in total. The zero-order chi connectivity index (χ0) is 11.6. The van der Waals surface area contributed by atoms with Crippen LogP contribution >= 0.6 is 0 Å². The summed E-state index contributed by atoms with van der Waals surface area (Å²) in [6.45, 7) is 15.3. The highest BCUT2D eigenvalue weighted by molar-refractivity contribution is 6.84. The molecule has 0 radical (unpaired) electrons. The zero-order valence-corrected chi connectivity index (χ0v) is 11.8. The fraction of sp³-hybridized carbons (Fsp3) is 0.833. The molecule has 0 unspecified atom stereocenters. The van der Waals surface area contributed by atoms with E-state index in [4.69, 9.17) is 0 Å². The Morgan fingerprint density at radius 1 is 1.07 bits per heavy atom. The van der Waals surface area contributed by atoms with E-state index >= 15 is 0 Å². The first-order valence-electron chi connectivity index (χ1n) is 5.36. The smallest absolute Gasteiger partial charge is 0.0766 e. The van der Waals surface area contributed by atoms with E-state index in [1.807, 2.05) is 13.8 Å². The molecule has 0 aliphatic heterocycles. The van der Waals surface area contributed by atoms with Crippen LogP contribution in [0.3, 0.4) is 0 Å². The van der Waals surface area contributed by atoms with Gasteiger partial charge in [0.25, 0.3) is 0 Å². The van der Waals surface area contributed by atoms with Gasteiger partial charge in [0.05, 0.1) is 13.7 Å². The van der Waals surface area contributed by atoms with Gasteiger partial charge in [0, 0.05) is 0 Å². The van der Waals surface area contributed by atoms with Crippen LogP contribution in [0.15, 0.2) is 11.8 Å². The molecule has 0 aliphatic rings. The van der Waals surface area contributed by atoms with Gasteiger partial charge in [0.2, 0.25) is 0 Å². The summed E-state index contributed by atoms with van der Waals surface area (Å²) in [5, 5.41) is 9.97. The van der Waals surface area contributed by atoms with Crippen molar-refractivity contribution in [3.05, 3.63) is 11.8 Å². The minimum absolute atomic E-state index is 0.392. The zero-order valence-electron chi connectivity index (χ0n) is 10.8. The molecule has 2 heteroatoms. The van der Waals surface area contributed by atoms with Gasteiger partial charge in [-0.3, -0.25) is 0 Å². The molecule has 0 aromatic rings. The van der Waals surface area contributed by atoms with Gasteiger partial charge in [-0.05, 0) is 25.3 Å². The maximum Gasteiger partial charge on any atom is 0.0766 e. The lowest BCUT2D eigenvalue weighted by Gasteiger charge is -2.34. The third kappa shape index (κ3) is 4.96. The lowest BCUT2D eigenvalue weighted by Crippen LogP contribution is -2.35. The SMILES string of the molecule is CC(C)(O)C/C=C\[Si](C)(C)C(C)(C)C. The average Bonchev–Trinajstić information content (AvgIpc) is 1.80. The molecule has 0 aromatic heterocycles. The Kier molecular flexibility index (Phi) is 4.17. The molecule has 0 saturated carbocycles. The number of hydrogen-bond donors (Lipinski definition) is 1. The first kappa shape index (κ1) is 13.9. The molecule has 0 bridgehead atoms. The van der Waals surface area contributed by atoms with Gasteiger partial charge >= 0.3 is 0 Å². The molecule has 0 amide bonds. The summed E-state index contributed by atoms with van der Waals surface area (Å²) in [4.78, 5) is 0. The lowest BCUT2D eigenvalue weighted by molar-refractivity contribution is 0.0839. The van der Waals surface area contributed by atoms with E-state index in [2.05, 4.69) is 45.6 Å². The highest BCUT2D eigenvalue weighted by Gasteiger charge is 2.32. The molecule has 0 heterocycles. The first-order chi connectivity index (χ1) is 5.96. The predicted octanol–water partition coefficient (Wildman–Crippen LogP) is 3.75. The van der Waals surface area contributed by atoms with E-state index in [0.717, 1.165) is 6.42 Å². The van der Waals surface area contributed by atoms with E-state index in [9.17, 15) is 5.11 Å². The van der Waals surface area contributed by atoms with Crippen molar-refractivity contribution >= 4 is 8.07 Å². The Morgan fingerprint density at radius 2 is 1.50 bits per heavy atom. The highest BCUT2D eigenvalue weighted by atomic mass is 28.3. The molecule has 14 heavy (non-hydrogen) atoms. The Bertz CT molecular complexity index is 203. The van der Waals surface area contributed by atoms with Crippen LogP contribution in [0.1, 0.15) is 41.0 Å². The summed E-state index contributed by atoms with van der Waals surface area (Å²) >= 11 is 0. The molecule has 1 nitrogen and oxygen atoms in total. The highest BCUT2D eigenvalue weighted by Crippen LogP contribution is 2.36. The van der Waals surface area contributed by atoms with Gasteiger partial charge in [-0.15, -0.1) is 0 Å². The monoisotopic (exact) mass is 214 g/mol. The van der Waals surface area contributed by atoms with Crippen LogP contribution in [-0.4, -0.2) is 18.8 Å². The molecule has 0 fully saturated rings. The Labute approximate surface area is 90.2 Å². The van der Waals surface area contributed by atoms with Gasteiger partial charge < -0.3 is 5.11 Å². The van der Waals surface area contributed by atoms with Gasteiger partial charge in [-0.2, -0.15) is 0 Å². The van der Waals surface area contributed by atoms with Crippen LogP contribution in [0.5, 0.6) is 0 Å². The molecule has 0 aromatic carbocycles. The summed E-state index contributed by atoms with van der Waals surface area (Å²) < 4.78 is 0. The third-order valence-electron chi connectivity index (χ3n) is 3.08. The number of hydrogen-bond acceptors (Lipinski definition) is 1. The van der Waals surface area contributed by atoms with Gasteiger partial charge in [0.15, 0.2) is 0 Å². The second-order valence-electron chi connectivity index (χ2n) is 6.39. The van der Waals surface area contributed by atoms with E-state index in [1.165, 1.54) is 0 Å². The van der Waals surface area contributed by atoms with Crippen LogP contribution in [0.4, 0.5) is 0 Å². The van der Waals surface area contributed by atoms with E-state index < -0.39 is 13.7 Å². The second-order valence-corrected chi connectivity index (χ2v) is 11.7. The van der Waals surface area contributed by atoms with Gasteiger partial charge in [0.1, 0.15) is 0 Å². The topological polar surface area (TPSA) is 20.2 Å². The standard InChI is InChI=1S/C12H26OSi/c1-11(2,3)14(6,7)10-8-9-12(4,5)13/h8,10,13H,9H2,1-7H3/b10-8-. The summed E-state index contributed by atoms with van der Waals surface area (Å²) in [7, 11) is -1.30. The van der Waals surface area contributed by atoms with Crippen molar-refractivity contribution in [2.24, 2.45) is 0 Å². The van der Waals surface area contributed by atoms with Crippen molar-refractivity contribution in [1.82, 2.24) is 0 Å². The van der Waals surface area contributed by atoms with Crippen molar-refractivity contribution in [3.63, 3.8) is 0 Å². The third-order valence-corrected chi connectivity index (χ3v) is 8.02. The molecule has 0 spiro atoms. The summed E-state index contributed by atoms with van der Waals surface area (Å²) in [6, 6.07) is 0. The largest absolute Gasteiger partial charge is 0.390 e. The van der Waals surface area contributed by atoms with Crippen LogP contribution in [-0.2, 0) is 0 Å². The van der Waals surface area contributed by atoms with Crippen LogP contribution in [0.2, 0.25) is 18.1 Å². The molecule has 0 aliphatic carbocycles. The van der Waals surface area contributed by atoms with Gasteiger partial charge in [-0.25, -0.2) is 0 Å². The Hall–Kier alpha value is -0.0831. The fourth-order valence-corrected chi connectivity index (χ4v) is 2.10. The van der Waals surface area contributed by atoms with Crippen molar-refractivity contribution in [2.45, 2.75) is 64.8 Å². The molecule has 84 valence electrons. The quantitative estimate of drug-likeness (QED) is 0.709. The van der Waals surface area contributed by atoms with Crippen molar-refractivity contribution in [1.29, 1.82) is 0 Å². The Morgan fingerprint density at radius 3 is 1.79 bits per heavy atom. The average molecular weight is 214 g/mol. The molecular formula is C12H26OSi. The normalized spacial score (nSPS) is 15.1. The van der Waals surface area contributed by atoms with Crippen LogP contribution in [0, 0.1) is 0 Å². The molecule has 0 rings (SSSR count). The van der Waals surface area contributed by atoms with E-state index in [0.29, 0.717) is 5.04 Å². The summed E-state index contributed by atoms with van der Waals surface area (Å²) in [5.74, 6) is 0. The predicted molar refractivity (Wildman–Crippen MR) is 67.3 cm³/mol. The van der Waals surface area contributed by atoms with Crippen molar-refractivity contribution in [2.75, 3.05) is 0 Å². The van der Waals surface area contributed by atoms with E-state index in [-0.39, 0.29) is 0 Å². The second kappa shape index (κ2) is 4.19. The van der Waals surface area contributed by atoms with Crippen LogP contribution < -0.4 is 0 Å². The molecular weight excluding hydrogens is 188 g/mol. The lowest BCUT2D eigenvalue weighted by atomic mass is 10.1. The van der Waals surface area contributed by atoms with Gasteiger partial charge in [-0.1, -0.05) is 45.6 Å². The number of aliphatic hydroxyl groups is 1. The summed E-state index contributed by atoms with van der Waals surface area (Å²) in [5.41, 5.74) is 1.78. The fourth-order valence-electron chi connectivity index (χ4n) is 0.892. The maximum absolute atomic E-state index is 9.58. The molecule has 0 saturated heterocycles. The maximum atomic E-state index is 9.58. The molecule has 0 atom stereocenters. The van der Waals surface area contributed by atoms with Crippen molar-refractivity contribution in [3.8, 4) is 0 Å². The van der Waals surface area contributed by atoms with Crippen molar-refractivity contribution < 1.29 is 5.11 Å². The van der Waals surface area contributed by atoms with Crippen LogP contribution in [0.25, 0.3) is 0 Å². The summed E-state index contributed by atoms with van der Waals surface area (Å²) in [6.07, 6.45) is 2.90. The first-order valence-corrected chi connectivity index (χ1v) is 8.43. The minimum Gasteiger partial charge on any atom is -0.390 e. The van der Waals surface area contributed by atoms with E-state index in [1.54, 1.807) is 0 Å².